The number of rotatable bonds is 5. The van der Waals surface area contributed by atoms with Gasteiger partial charge < -0.3 is 14.5 Å². The number of fused-ring (bicyclic) bond motifs is 1. The molecule has 0 aliphatic carbocycles. The van der Waals surface area contributed by atoms with Crippen LogP contribution in [0.15, 0.2) is 40.8 Å². The third-order valence-corrected chi connectivity index (χ3v) is 4.04. The van der Waals surface area contributed by atoms with Crippen molar-refractivity contribution in [1.82, 2.24) is 4.98 Å². The molecule has 27 heavy (non-hydrogen) atoms. The molecule has 3 aromatic rings. The zero-order chi connectivity index (χ0) is 19.6. The van der Waals surface area contributed by atoms with E-state index in [4.69, 9.17) is 32.4 Å². The normalized spacial score (nSPS) is 11.9. The summed E-state index contributed by atoms with van der Waals surface area (Å²) in [6.45, 7) is 2.97. The quantitative estimate of drug-likeness (QED) is 0.649. The van der Waals surface area contributed by atoms with Crippen LogP contribution >= 0.6 is 23.2 Å². The number of benzene rings is 2. The number of nitrogens with zero attached hydrogens (tertiary/aromatic N) is 1. The van der Waals surface area contributed by atoms with Crippen molar-refractivity contribution in [3.8, 4) is 5.75 Å². The fraction of sp³-hybridized carbons (Fsp3) is 0.167. The lowest BCUT2D eigenvalue weighted by atomic mass is 10.3. The number of anilines is 2. The van der Waals surface area contributed by atoms with Crippen molar-refractivity contribution in [2.45, 2.75) is 20.0 Å². The van der Waals surface area contributed by atoms with Gasteiger partial charge in [0.05, 0.1) is 5.02 Å². The van der Waals surface area contributed by atoms with Crippen molar-refractivity contribution < 1.29 is 18.7 Å². The molecule has 1 atom stereocenters. The number of hydrogen-bond donors (Lipinski definition) is 2. The van der Waals surface area contributed by atoms with E-state index in [0.717, 1.165) is 0 Å². The highest BCUT2D eigenvalue weighted by Gasteiger charge is 2.19. The van der Waals surface area contributed by atoms with Crippen LogP contribution in [0.1, 0.15) is 13.8 Å². The third-order valence-electron chi connectivity index (χ3n) is 3.51. The molecule has 0 aliphatic rings. The summed E-state index contributed by atoms with van der Waals surface area (Å²) in [7, 11) is 0. The van der Waals surface area contributed by atoms with Gasteiger partial charge in [-0.1, -0.05) is 23.2 Å². The SMILES string of the molecule is CC(=O)Nc1ccc2nc(NC(=O)C(C)Oc3ccc(Cl)cc3Cl)oc2c1. The Bertz CT molecular complexity index is 1020. The first kappa shape index (κ1) is 19.0. The summed E-state index contributed by atoms with van der Waals surface area (Å²) >= 11 is 11.9. The number of ether oxygens (including phenoxy) is 1. The smallest absolute Gasteiger partial charge is 0.302 e. The summed E-state index contributed by atoms with van der Waals surface area (Å²) in [5, 5.41) is 5.96. The number of carbonyl (C=O) groups is 2. The molecular formula is C18H15Cl2N3O4. The van der Waals surface area contributed by atoms with Crippen LogP contribution in [0.5, 0.6) is 5.75 Å². The molecule has 1 aromatic heterocycles. The van der Waals surface area contributed by atoms with Gasteiger partial charge in [0.1, 0.15) is 11.3 Å². The molecule has 7 nitrogen and oxygen atoms in total. The fourth-order valence-electron chi connectivity index (χ4n) is 2.28. The zero-order valence-electron chi connectivity index (χ0n) is 14.4. The lowest BCUT2D eigenvalue weighted by Gasteiger charge is -2.14. The van der Waals surface area contributed by atoms with Gasteiger partial charge in [0.2, 0.25) is 5.91 Å². The van der Waals surface area contributed by atoms with Crippen LogP contribution < -0.4 is 15.4 Å². The minimum atomic E-state index is -0.853. The molecule has 2 aromatic carbocycles. The third kappa shape index (κ3) is 4.69. The second-order valence-corrected chi connectivity index (χ2v) is 6.55. The lowest BCUT2D eigenvalue weighted by molar-refractivity contribution is -0.122. The van der Waals surface area contributed by atoms with Gasteiger partial charge in [0, 0.05) is 23.7 Å². The molecular weight excluding hydrogens is 393 g/mol. The van der Waals surface area contributed by atoms with Crippen molar-refractivity contribution in [3.63, 3.8) is 0 Å². The van der Waals surface area contributed by atoms with Gasteiger partial charge in [0.25, 0.3) is 5.91 Å². The van der Waals surface area contributed by atoms with E-state index < -0.39 is 12.0 Å². The predicted molar refractivity (Wildman–Crippen MR) is 103 cm³/mol. The highest BCUT2D eigenvalue weighted by Crippen LogP contribution is 2.28. The van der Waals surface area contributed by atoms with E-state index in [-0.39, 0.29) is 11.9 Å². The molecule has 2 amide bonds. The summed E-state index contributed by atoms with van der Waals surface area (Å²) in [6.07, 6.45) is -0.853. The highest BCUT2D eigenvalue weighted by molar-refractivity contribution is 6.35. The molecule has 0 radical (unpaired) electrons. The Hall–Kier alpha value is -2.77. The van der Waals surface area contributed by atoms with Crippen LogP contribution in [0.25, 0.3) is 11.1 Å². The van der Waals surface area contributed by atoms with Gasteiger partial charge in [-0.05, 0) is 37.3 Å². The van der Waals surface area contributed by atoms with Crippen LogP contribution in [-0.4, -0.2) is 22.9 Å². The Balaban J connectivity index is 1.70. The topological polar surface area (TPSA) is 93.5 Å². The van der Waals surface area contributed by atoms with Crippen LogP contribution in [0, 0.1) is 0 Å². The number of nitrogens with one attached hydrogen (secondary N) is 2. The molecule has 0 aliphatic heterocycles. The Morgan fingerprint density at radius 3 is 2.63 bits per heavy atom. The maximum Gasteiger partial charge on any atom is 0.302 e. The fourth-order valence-corrected chi connectivity index (χ4v) is 2.73. The van der Waals surface area contributed by atoms with E-state index >= 15 is 0 Å². The van der Waals surface area contributed by atoms with Crippen molar-refractivity contribution in [3.05, 3.63) is 46.4 Å². The summed E-state index contributed by atoms with van der Waals surface area (Å²) < 4.78 is 11.1. The predicted octanol–water partition coefficient (Wildman–Crippen LogP) is 4.50. The average Bonchev–Trinajstić information content (AvgIpc) is 2.98. The van der Waals surface area contributed by atoms with E-state index in [1.165, 1.54) is 13.0 Å². The largest absolute Gasteiger partial charge is 0.479 e. The molecule has 0 saturated carbocycles. The van der Waals surface area contributed by atoms with Crippen molar-refractivity contribution in [1.29, 1.82) is 0 Å². The number of aromatic nitrogens is 1. The summed E-state index contributed by atoms with van der Waals surface area (Å²) in [6, 6.07) is 9.72. The zero-order valence-corrected chi connectivity index (χ0v) is 15.9. The van der Waals surface area contributed by atoms with E-state index in [0.29, 0.717) is 32.6 Å². The second kappa shape index (κ2) is 7.85. The van der Waals surface area contributed by atoms with Gasteiger partial charge in [-0.2, -0.15) is 4.98 Å². The molecule has 0 bridgehead atoms. The second-order valence-electron chi connectivity index (χ2n) is 5.71. The Morgan fingerprint density at radius 2 is 1.93 bits per heavy atom. The maximum absolute atomic E-state index is 12.3. The van der Waals surface area contributed by atoms with Crippen molar-refractivity contribution in [2.24, 2.45) is 0 Å². The van der Waals surface area contributed by atoms with Crippen LogP contribution in [0.3, 0.4) is 0 Å². The van der Waals surface area contributed by atoms with Gasteiger partial charge in [0.15, 0.2) is 11.7 Å². The molecule has 0 spiro atoms. The van der Waals surface area contributed by atoms with Gasteiger partial charge in [-0.15, -0.1) is 0 Å². The average molecular weight is 408 g/mol. The first-order valence-corrected chi connectivity index (χ1v) is 8.68. The van der Waals surface area contributed by atoms with Crippen molar-refractivity contribution in [2.75, 3.05) is 10.6 Å². The van der Waals surface area contributed by atoms with Crippen molar-refractivity contribution >= 4 is 57.8 Å². The highest BCUT2D eigenvalue weighted by atomic mass is 35.5. The minimum absolute atomic E-state index is 0.0210. The number of amides is 2. The number of hydrogen-bond acceptors (Lipinski definition) is 5. The molecule has 0 fully saturated rings. The molecule has 9 heteroatoms. The standard InChI is InChI=1S/C18H15Cl2N3O4/c1-9(26-15-6-3-11(19)7-13(15)20)17(25)23-18-22-14-5-4-12(21-10(2)24)8-16(14)27-18/h3-9H,1-2H3,(H,21,24)(H,22,23,25). The van der Waals surface area contributed by atoms with Gasteiger partial charge in [-0.25, -0.2) is 0 Å². The molecule has 1 heterocycles. The van der Waals surface area contributed by atoms with E-state index in [2.05, 4.69) is 15.6 Å². The first-order valence-electron chi connectivity index (χ1n) is 7.92. The van der Waals surface area contributed by atoms with Crippen LogP contribution in [-0.2, 0) is 9.59 Å². The molecule has 2 N–H and O–H groups in total. The van der Waals surface area contributed by atoms with E-state index in [1.54, 1.807) is 37.3 Å². The summed E-state index contributed by atoms with van der Waals surface area (Å²) in [5.41, 5.74) is 1.53. The Morgan fingerprint density at radius 1 is 1.15 bits per heavy atom. The van der Waals surface area contributed by atoms with Gasteiger partial charge in [-0.3, -0.25) is 14.9 Å². The number of oxazole rings is 1. The summed E-state index contributed by atoms with van der Waals surface area (Å²) in [4.78, 5) is 27.6. The molecule has 0 saturated heterocycles. The monoisotopic (exact) mass is 407 g/mol. The molecule has 1 unspecified atom stereocenters. The van der Waals surface area contributed by atoms with E-state index in [9.17, 15) is 9.59 Å². The maximum atomic E-state index is 12.3. The summed E-state index contributed by atoms with van der Waals surface area (Å²) in [5.74, 6) is -0.329. The van der Waals surface area contributed by atoms with Crippen LogP contribution in [0.4, 0.5) is 11.7 Å². The van der Waals surface area contributed by atoms with Crippen LogP contribution in [0.2, 0.25) is 10.0 Å². The number of carbonyl (C=O) groups excluding carboxylic acids is 2. The minimum Gasteiger partial charge on any atom is -0.479 e. The Kier molecular flexibility index (Phi) is 5.53. The molecule has 3 rings (SSSR count). The molecule has 140 valence electrons. The lowest BCUT2D eigenvalue weighted by Crippen LogP contribution is -2.30. The first-order chi connectivity index (χ1) is 12.8. The number of halogens is 2. The van der Waals surface area contributed by atoms with Gasteiger partial charge >= 0.3 is 6.01 Å². The Labute approximate surface area is 164 Å². The van der Waals surface area contributed by atoms with E-state index in [1.807, 2.05) is 0 Å².